The first-order valence-electron chi connectivity index (χ1n) is 5.81. The number of carbonyl (C=O) groups excluding carboxylic acids is 1. The Morgan fingerprint density at radius 1 is 1.20 bits per heavy atom. The van der Waals surface area contributed by atoms with Gasteiger partial charge in [0.15, 0.2) is 5.82 Å². The second-order valence-electron chi connectivity index (χ2n) is 4.21. The number of rotatable bonds is 3. The number of aromatic carboxylic acids is 1. The van der Waals surface area contributed by atoms with E-state index in [-0.39, 0.29) is 17.4 Å². The summed E-state index contributed by atoms with van der Waals surface area (Å²) in [6.07, 6.45) is 1.79. The van der Waals surface area contributed by atoms with Crippen LogP contribution in [0, 0.1) is 0 Å². The zero-order chi connectivity index (χ0) is 14.1. The van der Waals surface area contributed by atoms with Crippen molar-refractivity contribution in [3.63, 3.8) is 0 Å². The summed E-state index contributed by atoms with van der Waals surface area (Å²) in [4.78, 5) is 25.8. The second kappa shape index (κ2) is 4.54. The predicted octanol–water partition coefficient (Wildman–Crippen LogP) is 1.84. The van der Waals surface area contributed by atoms with Gasteiger partial charge in [-0.25, -0.2) is 4.79 Å². The maximum atomic E-state index is 12.0. The number of amides is 1. The lowest BCUT2D eigenvalue weighted by Gasteiger charge is -2.01. The summed E-state index contributed by atoms with van der Waals surface area (Å²) in [5.74, 6) is -1.31. The Balaban J connectivity index is 1.82. The SMILES string of the molecule is O=C(Nc1cc(C(=O)O)[nH]n1)c1ccc2[nH]ccc2c1. The highest BCUT2D eigenvalue weighted by Crippen LogP contribution is 2.15. The second-order valence-corrected chi connectivity index (χ2v) is 4.21. The van der Waals surface area contributed by atoms with Crippen molar-refractivity contribution in [3.8, 4) is 0 Å². The average Bonchev–Trinajstić information content (AvgIpc) is 3.05. The van der Waals surface area contributed by atoms with Crippen molar-refractivity contribution in [2.45, 2.75) is 0 Å². The summed E-state index contributed by atoms with van der Waals surface area (Å²) in [5.41, 5.74) is 1.33. The Morgan fingerprint density at radius 2 is 2.05 bits per heavy atom. The van der Waals surface area contributed by atoms with Gasteiger partial charge in [-0.1, -0.05) is 0 Å². The normalized spacial score (nSPS) is 10.6. The Hall–Kier alpha value is -3.09. The van der Waals surface area contributed by atoms with E-state index in [1.807, 2.05) is 6.07 Å². The minimum atomic E-state index is -1.13. The maximum Gasteiger partial charge on any atom is 0.353 e. The first-order valence-corrected chi connectivity index (χ1v) is 5.81. The largest absolute Gasteiger partial charge is 0.477 e. The number of aromatic amines is 2. The van der Waals surface area contributed by atoms with Crippen molar-refractivity contribution < 1.29 is 14.7 Å². The van der Waals surface area contributed by atoms with Gasteiger partial charge in [-0.2, -0.15) is 5.10 Å². The molecule has 4 N–H and O–H groups in total. The van der Waals surface area contributed by atoms with Crippen LogP contribution in [0.5, 0.6) is 0 Å². The van der Waals surface area contributed by atoms with Gasteiger partial charge in [0, 0.05) is 28.7 Å². The third-order valence-electron chi connectivity index (χ3n) is 2.87. The summed E-state index contributed by atoms with van der Waals surface area (Å²) in [7, 11) is 0. The first-order chi connectivity index (χ1) is 9.63. The van der Waals surface area contributed by atoms with E-state index in [0.29, 0.717) is 5.56 Å². The lowest BCUT2D eigenvalue weighted by Crippen LogP contribution is -2.11. The molecule has 20 heavy (non-hydrogen) atoms. The van der Waals surface area contributed by atoms with Crippen molar-refractivity contribution in [2.24, 2.45) is 0 Å². The molecule has 100 valence electrons. The van der Waals surface area contributed by atoms with Gasteiger partial charge in [-0.15, -0.1) is 0 Å². The van der Waals surface area contributed by atoms with E-state index >= 15 is 0 Å². The van der Waals surface area contributed by atoms with E-state index in [1.165, 1.54) is 6.07 Å². The number of carbonyl (C=O) groups is 2. The molecular weight excluding hydrogens is 260 g/mol. The number of carboxylic acid groups (broad SMARTS) is 1. The molecule has 1 amide bonds. The fourth-order valence-corrected chi connectivity index (χ4v) is 1.88. The van der Waals surface area contributed by atoms with Crippen molar-refractivity contribution in [1.82, 2.24) is 15.2 Å². The molecule has 0 aliphatic carbocycles. The highest BCUT2D eigenvalue weighted by molar-refractivity contribution is 6.06. The zero-order valence-corrected chi connectivity index (χ0v) is 10.2. The molecule has 7 heteroatoms. The van der Waals surface area contributed by atoms with Gasteiger partial charge in [0.1, 0.15) is 5.69 Å². The molecule has 0 unspecified atom stereocenters. The molecule has 0 aliphatic heterocycles. The smallest absolute Gasteiger partial charge is 0.353 e. The molecule has 3 aromatic rings. The van der Waals surface area contributed by atoms with Gasteiger partial charge in [0.2, 0.25) is 0 Å². The van der Waals surface area contributed by atoms with E-state index < -0.39 is 5.97 Å². The van der Waals surface area contributed by atoms with Crippen LogP contribution in [0.15, 0.2) is 36.5 Å². The summed E-state index contributed by atoms with van der Waals surface area (Å²) in [6.45, 7) is 0. The van der Waals surface area contributed by atoms with E-state index in [2.05, 4.69) is 20.5 Å². The van der Waals surface area contributed by atoms with Crippen LogP contribution in [0.4, 0.5) is 5.82 Å². The maximum absolute atomic E-state index is 12.0. The Labute approximate surface area is 112 Å². The first kappa shape index (κ1) is 12.0. The van der Waals surface area contributed by atoms with Crippen LogP contribution in [-0.2, 0) is 0 Å². The molecular formula is C13H10N4O3. The minimum Gasteiger partial charge on any atom is -0.477 e. The van der Waals surface area contributed by atoms with Gasteiger partial charge >= 0.3 is 5.97 Å². The van der Waals surface area contributed by atoms with Crippen molar-refractivity contribution in [1.29, 1.82) is 0 Å². The Kier molecular flexibility index (Phi) is 2.72. The molecule has 2 heterocycles. The van der Waals surface area contributed by atoms with Crippen LogP contribution in [0.3, 0.4) is 0 Å². The molecule has 0 spiro atoms. The molecule has 1 aromatic carbocycles. The number of hydrogen-bond acceptors (Lipinski definition) is 3. The van der Waals surface area contributed by atoms with E-state index in [4.69, 9.17) is 5.11 Å². The van der Waals surface area contributed by atoms with Crippen molar-refractivity contribution >= 4 is 28.6 Å². The van der Waals surface area contributed by atoms with Gasteiger partial charge < -0.3 is 15.4 Å². The topological polar surface area (TPSA) is 111 Å². The van der Waals surface area contributed by atoms with Crippen LogP contribution in [0.1, 0.15) is 20.8 Å². The van der Waals surface area contributed by atoms with Gasteiger partial charge in [0.25, 0.3) is 5.91 Å². The number of hydrogen-bond donors (Lipinski definition) is 4. The molecule has 0 saturated carbocycles. The summed E-state index contributed by atoms with van der Waals surface area (Å²) in [5, 5.41) is 18.2. The average molecular weight is 270 g/mol. The number of fused-ring (bicyclic) bond motifs is 1. The van der Waals surface area contributed by atoms with Gasteiger partial charge in [-0.05, 0) is 24.3 Å². The quantitative estimate of drug-likeness (QED) is 0.581. The van der Waals surface area contributed by atoms with Crippen LogP contribution in [0.2, 0.25) is 0 Å². The molecule has 0 fully saturated rings. The highest BCUT2D eigenvalue weighted by Gasteiger charge is 2.12. The third kappa shape index (κ3) is 2.12. The number of aromatic nitrogens is 3. The van der Waals surface area contributed by atoms with Gasteiger partial charge in [0.05, 0.1) is 0 Å². The minimum absolute atomic E-state index is 0.0820. The standard InChI is InChI=1S/C13H10N4O3/c18-12(15-11-6-10(13(19)20)16-17-11)8-1-2-9-7(5-8)3-4-14-9/h1-6,14H,(H,19,20)(H2,15,16,17,18). The number of nitrogens with zero attached hydrogens (tertiary/aromatic N) is 1. The molecule has 0 radical (unpaired) electrons. The summed E-state index contributed by atoms with van der Waals surface area (Å²) in [6, 6.07) is 8.35. The lowest BCUT2D eigenvalue weighted by molar-refractivity contribution is 0.0690. The molecule has 0 atom stereocenters. The van der Waals surface area contributed by atoms with Gasteiger partial charge in [-0.3, -0.25) is 9.89 Å². The zero-order valence-electron chi connectivity index (χ0n) is 10.2. The van der Waals surface area contributed by atoms with Crippen LogP contribution >= 0.6 is 0 Å². The van der Waals surface area contributed by atoms with E-state index in [9.17, 15) is 9.59 Å². The monoisotopic (exact) mass is 270 g/mol. The van der Waals surface area contributed by atoms with Crippen molar-refractivity contribution in [2.75, 3.05) is 5.32 Å². The third-order valence-corrected chi connectivity index (χ3v) is 2.87. The number of anilines is 1. The Morgan fingerprint density at radius 3 is 2.80 bits per heavy atom. The van der Waals surface area contributed by atoms with E-state index in [0.717, 1.165) is 10.9 Å². The summed E-state index contributed by atoms with van der Waals surface area (Å²) >= 11 is 0. The summed E-state index contributed by atoms with van der Waals surface area (Å²) < 4.78 is 0. The van der Waals surface area contributed by atoms with Crippen LogP contribution in [0.25, 0.3) is 10.9 Å². The molecule has 3 rings (SSSR count). The van der Waals surface area contributed by atoms with Crippen LogP contribution in [-0.4, -0.2) is 32.2 Å². The fraction of sp³-hybridized carbons (Fsp3) is 0. The molecule has 2 aromatic heterocycles. The van der Waals surface area contributed by atoms with Crippen LogP contribution < -0.4 is 5.32 Å². The highest BCUT2D eigenvalue weighted by atomic mass is 16.4. The predicted molar refractivity (Wildman–Crippen MR) is 71.8 cm³/mol. The molecule has 0 saturated heterocycles. The number of nitrogens with one attached hydrogen (secondary N) is 3. The number of carboxylic acids is 1. The molecule has 0 aliphatic rings. The lowest BCUT2D eigenvalue weighted by atomic mass is 10.1. The van der Waals surface area contributed by atoms with Crippen molar-refractivity contribution in [3.05, 3.63) is 47.8 Å². The fourth-order valence-electron chi connectivity index (χ4n) is 1.88. The number of benzene rings is 1. The van der Waals surface area contributed by atoms with E-state index in [1.54, 1.807) is 24.4 Å². The Bertz CT molecular complexity index is 803. The number of H-pyrrole nitrogens is 2. The molecule has 7 nitrogen and oxygen atoms in total. The molecule has 0 bridgehead atoms.